The van der Waals surface area contributed by atoms with E-state index < -0.39 is 27.1 Å². The molecular formula is C24H21ClF3N2O2S2+. The summed E-state index contributed by atoms with van der Waals surface area (Å²) < 4.78 is 50.3. The van der Waals surface area contributed by atoms with Crippen LogP contribution in [-0.4, -0.2) is 22.2 Å². The number of halogens is 4. The molecule has 1 aromatic heterocycles. The molecule has 0 bridgehead atoms. The maximum atomic E-state index is 13.0. The van der Waals surface area contributed by atoms with Gasteiger partial charge in [-0.05, 0) is 53.8 Å². The molecule has 34 heavy (non-hydrogen) atoms. The van der Waals surface area contributed by atoms with Crippen molar-refractivity contribution in [2.75, 3.05) is 11.1 Å². The van der Waals surface area contributed by atoms with E-state index in [1.54, 1.807) is 6.20 Å². The highest BCUT2D eigenvalue weighted by Gasteiger charge is 2.45. The summed E-state index contributed by atoms with van der Waals surface area (Å²) in [4.78, 5) is 17.5. The van der Waals surface area contributed by atoms with Crippen molar-refractivity contribution < 1.29 is 22.2 Å². The molecule has 1 atom stereocenters. The number of aromatic nitrogens is 1. The maximum Gasteiger partial charge on any atom is 0.581 e. The minimum absolute atomic E-state index is 0.0275. The number of thiol groups is 1. The predicted molar refractivity (Wildman–Crippen MR) is 131 cm³/mol. The van der Waals surface area contributed by atoms with Crippen LogP contribution in [0, 0.1) is 0 Å². The van der Waals surface area contributed by atoms with Crippen LogP contribution in [0.3, 0.4) is 0 Å². The van der Waals surface area contributed by atoms with E-state index in [1.165, 1.54) is 36.2 Å². The maximum absolute atomic E-state index is 13.0. The lowest BCUT2D eigenvalue weighted by molar-refractivity contribution is -0.0390. The van der Waals surface area contributed by atoms with E-state index in [1.807, 2.05) is 25.1 Å². The fraction of sp³-hybridized carbons (Fsp3) is 0.250. The van der Waals surface area contributed by atoms with E-state index in [0.29, 0.717) is 16.6 Å². The first-order valence-electron chi connectivity index (χ1n) is 10.6. The molecule has 4 rings (SSSR count). The van der Waals surface area contributed by atoms with Crippen molar-refractivity contribution in [1.29, 1.82) is 0 Å². The number of anilines is 1. The van der Waals surface area contributed by atoms with Crippen molar-refractivity contribution >= 4 is 45.8 Å². The summed E-state index contributed by atoms with van der Waals surface area (Å²) in [5.74, 6) is 0.728. The lowest BCUT2D eigenvalue weighted by atomic mass is 10.0. The van der Waals surface area contributed by atoms with Crippen molar-refractivity contribution in [1.82, 2.24) is 4.98 Å². The summed E-state index contributed by atoms with van der Waals surface area (Å²) in [7, 11) is -3.65. The smallest absolute Gasteiger partial charge is 0.319 e. The fourth-order valence-corrected chi connectivity index (χ4v) is 5.18. The van der Waals surface area contributed by atoms with Gasteiger partial charge in [-0.15, -0.1) is 24.9 Å². The second-order valence-electron chi connectivity index (χ2n) is 7.78. The number of rotatable bonds is 7. The first-order valence-corrected chi connectivity index (χ1v) is 13.2. The topological polar surface area (TPSA) is 59.1 Å². The highest BCUT2D eigenvalue weighted by molar-refractivity contribution is 7.99. The molecule has 1 unspecified atom stereocenters. The number of carbonyl (C=O) groups excluding carboxylic acids is 1. The van der Waals surface area contributed by atoms with Crippen LogP contribution in [0.15, 0.2) is 64.5 Å². The van der Waals surface area contributed by atoms with Crippen LogP contribution in [0.2, 0.25) is 5.02 Å². The van der Waals surface area contributed by atoms with Gasteiger partial charge in [0, 0.05) is 22.7 Å². The van der Waals surface area contributed by atoms with Gasteiger partial charge in [-0.2, -0.15) is 0 Å². The molecule has 4 nitrogen and oxygen atoms in total. The average molecular weight is 526 g/mol. The number of carbonyl (C=O) groups is 1. The fourth-order valence-electron chi connectivity index (χ4n) is 3.47. The van der Waals surface area contributed by atoms with E-state index in [2.05, 4.69) is 22.4 Å². The molecule has 1 aliphatic carbocycles. The molecule has 0 aliphatic heterocycles. The summed E-state index contributed by atoms with van der Waals surface area (Å²) in [6, 6.07) is 13.4. The Morgan fingerprint density at radius 2 is 1.85 bits per heavy atom. The second-order valence-corrected chi connectivity index (χ2v) is 11.1. The Labute approximate surface area is 206 Å². The van der Waals surface area contributed by atoms with Crippen LogP contribution in [0.25, 0.3) is 11.1 Å². The molecule has 1 amide bonds. The SMILES string of the molecule is CCSc1cc(-c2ccc(C3CC3)cc2)cnc1C(=O)Nc1cc([SH+](=O)C(F)(F)F)ccc1Cl. The normalized spacial score (nSPS) is 14.6. The number of hydrogen-bond donors (Lipinski definition) is 1. The van der Waals surface area contributed by atoms with E-state index in [9.17, 15) is 22.2 Å². The Bertz CT molecular complexity index is 1250. The number of benzene rings is 2. The van der Waals surface area contributed by atoms with E-state index in [0.717, 1.165) is 23.3 Å². The Balaban J connectivity index is 1.60. The molecule has 1 fully saturated rings. The highest BCUT2D eigenvalue weighted by Crippen LogP contribution is 2.40. The molecule has 0 saturated heterocycles. The van der Waals surface area contributed by atoms with E-state index >= 15 is 0 Å². The lowest BCUT2D eigenvalue weighted by Crippen LogP contribution is -2.17. The Morgan fingerprint density at radius 3 is 2.47 bits per heavy atom. The van der Waals surface area contributed by atoms with E-state index in [4.69, 9.17) is 11.6 Å². The van der Waals surface area contributed by atoms with Crippen LogP contribution in [0.4, 0.5) is 18.9 Å². The Morgan fingerprint density at radius 1 is 1.15 bits per heavy atom. The van der Waals surface area contributed by atoms with Gasteiger partial charge in [0.25, 0.3) is 5.91 Å². The van der Waals surface area contributed by atoms with Gasteiger partial charge in [-0.1, -0.05) is 47.0 Å². The van der Waals surface area contributed by atoms with Crippen LogP contribution >= 0.6 is 23.4 Å². The summed E-state index contributed by atoms with van der Waals surface area (Å²) >= 11 is 7.51. The number of amides is 1. The molecule has 1 aliphatic rings. The first-order chi connectivity index (χ1) is 16.2. The van der Waals surface area contributed by atoms with Gasteiger partial charge in [-0.3, -0.25) is 4.79 Å². The lowest BCUT2D eigenvalue weighted by Gasteiger charge is -2.12. The third-order valence-corrected chi connectivity index (χ3v) is 7.77. The first kappa shape index (κ1) is 24.8. The quantitative estimate of drug-likeness (QED) is 0.201. The molecule has 2 aromatic carbocycles. The third kappa shape index (κ3) is 5.64. The van der Waals surface area contributed by atoms with Gasteiger partial charge < -0.3 is 5.32 Å². The summed E-state index contributed by atoms with van der Waals surface area (Å²) in [5.41, 5.74) is -1.66. The number of hydrogen-bond acceptors (Lipinski definition) is 4. The van der Waals surface area contributed by atoms with Crippen LogP contribution in [0.5, 0.6) is 0 Å². The highest BCUT2D eigenvalue weighted by atomic mass is 35.5. The molecule has 178 valence electrons. The van der Waals surface area contributed by atoms with Crippen molar-refractivity contribution in [3.8, 4) is 11.1 Å². The molecule has 10 heteroatoms. The molecule has 0 radical (unpaired) electrons. The zero-order valence-corrected chi connectivity index (χ0v) is 20.5. The van der Waals surface area contributed by atoms with Crippen LogP contribution in [0.1, 0.15) is 41.7 Å². The van der Waals surface area contributed by atoms with Crippen LogP contribution < -0.4 is 5.32 Å². The van der Waals surface area contributed by atoms with E-state index in [-0.39, 0.29) is 16.4 Å². The van der Waals surface area contributed by atoms with Gasteiger partial charge in [0.2, 0.25) is 10.8 Å². The van der Waals surface area contributed by atoms with Gasteiger partial charge in [0.1, 0.15) is 5.69 Å². The molecular weight excluding hydrogens is 505 g/mol. The Kier molecular flexibility index (Phi) is 7.35. The zero-order valence-electron chi connectivity index (χ0n) is 18.0. The predicted octanol–water partition coefficient (Wildman–Crippen LogP) is 7.22. The minimum Gasteiger partial charge on any atom is -0.319 e. The molecule has 0 spiro atoms. The largest absolute Gasteiger partial charge is 0.581 e. The molecule has 3 aromatic rings. The number of nitrogens with one attached hydrogen (secondary N) is 1. The molecule has 1 saturated carbocycles. The average Bonchev–Trinajstić information content (AvgIpc) is 3.65. The van der Waals surface area contributed by atoms with Gasteiger partial charge in [-0.25, -0.2) is 4.98 Å². The van der Waals surface area contributed by atoms with Gasteiger partial charge in [0.15, 0.2) is 4.90 Å². The second kappa shape index (κ2) is 10.1. The van der Waals surface area contributed by atoms with Gasteiger partial charge >= 0.3 is 5.51 Å². The zero-order chi connectivity index (χ0) is 24.5. The number of nitrogens with zero attached hydrogens (tertiary/aromatic N) is 1. The summed E-state index contributed by atoms with van der Waals surface area (Å²) in [5, 5.41) is 2.54. The molecule has 1 heterocycles. The molecule has 1 N–H and O–H groups in total. The van der Waals surface area contributed by atoms with Crippen LogP contribution in [-0.2, 0) is 15.0 Å². The number of pyridine rings is 1. The number of thioether (sulfide) groups is 1. The van der Waals surface area contributed by atoms with Crippen molar-refractivity contribution in [3.63, 3.8) is 0 Å². The van der Waals surface area contributed by atoms with Crippen molar-refractivity contribution in [3.05, 3.63) is 71.0 Å². The number of alkyl halides is 3. The summed E-state index contributed by atoms with van der Waals surface area (Å²) in [6.07, 6.45) is 4.04. The van der Waals surface area contributed by atoms with Gasteiger partial charge in [0.05, 0.1) is 10.7 Å². The monoisotopic (exact) mass is 525 g/mol. The van der Waals surface area contributed by atoms with Crippen molar-refractivity contribution in [2.45, 2.75) is 41.0 Å². The Hall–Kier alpha value is -2.36. The van der Waals surface area contributed by atoms with Crippen molar-refractivity contribution in [2.24, 2.45) is 0 Å². The third-order valence-electron chi connectivity index (χ3n) is 5.32. The minimum atomic E-state index is -4.89. The standard InChI is InChI=1S/C24H20ClF3N2O2S2/c1-2-33-21-11-17(16-7-5-15(6-8-16)14-3-4-14)13-29-22(21)23(31)30-20-12-18(9-10-19(20)25)34(32)24(26,27)28/h5-14H,2-4H2,1H3,(H,30,31)/p+1. The summed E-state index contributed by atoms with van der Waals surface area (Å²) in [6.45, 7) is 1.94.